The lowest BCUT2D eigenvalue weighted by atomic mass is 9.93. The third kappa shape index (κ3) is 4.55. The Bertz CT molecular complexity index is 227. The van der Waals surface area contributed by atoms with Crippen LogP contribution in [0.25, 0.3) is 0 Å². The van der Waals surface area contributed by atoms with E-state index in [1.165, 1.54) is 25.8 Å². The van der Waals surface area contributed by atoms with E-state index in [4.69, 9.17) is 0 Å². The summed E-state index contributed by atoms with van der Waals surface area (Å²) in [5.74, 6) is 1.62. The maximum Gasteiger partial charge on any atom is 0.0221 e. The number of nitrogens with one attached hydrogen (secondary N) is 1. The summed E-state index contributed by atoms with van der Waals surface area (Å²) in [7, 11) is 0. The summed E-state index contributed by atoms with van der Waals surface area (Å²) >= 11 is 0. The van der Waals surface area contributed by atoms with Gasteiger partial charge in [0.05, 0.1) is 0 Å². The van der Waals surface area contributed by atoms with Crippen LogP contribution in [0, 0.1) is 11.8 Å². The molecule has 0 bridgehead atoms. The van der Waals surface area contributed by atoms with Gasteiger partial charge in [-0.3, -0.25) is 4.90 Å². The van der Waals surface area contributed by atoms with E-state index < -0.39 is 0 Å². The standard InChI is InChI=1S/C16H34N2/c1-7-13(4)16-11-18(15(6)10-17-16)14(5)9-8-12(2)3/h12-17H,7-11H2,1-6H3. The molecule has 1 heterocycles. The van der Waals surface area contributed by atoms with Gasteiger partial charge in [0, 0.05) is 31.2 Å². The third-order valence-corrected chi connectivity index (χ3v) is 4.71. The minimum Gasteiger partial charge on any atom is -0.311 e. The van der Waals surface area contributed by atoms with Crippen LogP contribution < -0.4 is 5.32 Å². The predicted octanol–water partition coefficient (Wildman–Crippen LogP) is 3.52. The van der Waals surface area contributed by atoms with Crippen LogP contribution in [0.2, 0.25) is 0 Å². The van der Waals surface area contributed by atoms with E-state index in [1.807, 2.05) is 0 Å². The van der Waals surface area contributed by atoms with Gasteiger partial charge in [0.1, 0.15) is 0 Å². The first-order valence-corrected chi connectivity index (χ1v) is 7.94. The first-order chi connectivity index (χ1) is 8.45. The van der Waals surface area contributed by atoms with Crippen LogP contribution in [0.15, 0.2) is 0 Å². The van der Waals surface area contributed by atoms with Gasteiger partial charge >= 0.3 is 0 Å². The molecule has 108 valence electrons. The molecular formula is C16H34N2. The molecule has 2 nitrogen and oxygen atoms in total. The van der Waals surface area contributed by atoms with Crippen molar-refractivity contribution in [3.05, 3.63) is 0 Å². The van der Waals surface area contributed by atoms with Gasteiger partial charge in [-0.1, -0.05) is 34.1 Å². The van der Waals surface area contributed by atoms with E-state index in [0.29, 0.717) is 12.1 Å². The largest absolute Gasteiger partial charge is 0.311 e. The fourth-order valence-corrected chi connectivity index (χ4v) is 2.93. The summed E-state index contributed by atoms with van der Waals surface area (Å²) in [6.07, 6.45) is 3.97. The van der Waals surface area contributed by atoms with Crippen LogP contribution in [0.3, 0.4) is 0 Å². The van der Waals surface area contributed by atoms with Gasteiger partial charge in [-0.25, -0.2) is 0 Å². The molecular weight excluding hydrogens is 220 g/mol. The zero-order chi connectivity index (χ0) is 13.7. The van der Waals surface area contributed by atoms with Gasteiger partial charge in [0.15, 0.2) is 0 Å². The number of hydrogen-bond acceptors (Lipinski definition) is 2. The highest BCUT2D eigenvalue weighted by molar-refractivity contribution is 4.88. The zero-order valence-corrected chi connectivity index (χ0v) is 13.4. The summed E-state index contributed by atoms with van der Waals surface area (Å²) < 4.78 is 0. The van der Waals surface area contributed by atoms with E-state index >= 15 is 0 Å². The molecule has 0 aromatic rings. The number of hydrogen-bond donors (Lipinski definition) is 1. The normalized spacial score (nSPS) is 29.5. The second-order valence-corrected chi connectivity index (χ2v) is 6.77. The Morgan fingerprint density at radius 3 is 2.39 bits per heavy atom. The van der Waals surface area contributed by atoms with Crippen molar-refractivity contribution in [1.29, 1.82) is 0 Å². The molecule has 0 spiro atoms. The summed E-state index contributed by atoms with van der Waals surface area (Å²) in [6.45, 7) is 16.5. The van der Waals surface area contributed by atoms with Gasteiger partial charge in [0.25, 0.3) is 0 Å². The highest BCUT2D eigenvalue weighted by atomic mass is 15.2. The Balaban J connectivity index is 2.50. The van der Waals surface area contributed by atoms with Crippen LogP contribution in [-0.2, 0) is 0 Å². The van der Waals surface area contributed by atoms with E-state index in [9.17, 15) is 0 Å². The third-order valence-electron chi connectivity index (χ3n) is 4.71. The van der Waals surface area contributed by atoms with Gasteiger partial charge in [-0.05, 0) is 38.5 Å². The molecule has 1 saturated heterocycles. The second kappa shape index (κ2) is 7.49. The average molecular weight is 254 g/mol. The molecule has 0 radical (unpaired) electrons. The number of piperazine rings is 1. The van der Waals surface area contributed by atoms with Crippen molar-refractivity contribution in [2.45, 2.75) is 78.9 Å². The van der Waals surface area contributed by atoms with E-state index in [0.717, 1.165) is 24.4 Å². The van der Waals surface area contributed by atoms with Gasteiger partial charge < -0.3 is 5.32 Å². The molecule has 0 amide bonds. The molecule has 0 aromatic carbocycles. The lowest BCUT2D eigenvalue weighted by Crippen LogP contribution is -2.59. The van der Waals surface area contributed by atoms with Crippen LogP contribution in [0.1, 0.15) is 60.8 Å². The maximum absolute atomic E-state index is 3.73. The molecule has 4 atom stereocenters. The van der Waals surface area contributed by atoms with Crippen molar-refractivity contribution in [3.8, 4) is 0 Å². The summed E-state index contributed by atoms with van der Waals surface area (Å²) in [6, 6.07) is 2.11. The Hall–Kier alpha value is -0.0800. The molecule has 1 N–H and O–H groups in total. The molecule has 18 heavy (non-hydrogen) atoms. The molecule has 1 aliphatic heterocycles. The van der Waals surface area contributed by atoms with E-state index in [-0.39, 0.29) is 0 Å². The van der Waals surface area contributed by atoms with Gasteiger partial charge in [-0.15, -0.1) is 0 Å². The molecule has 1 aliphatic rings. The SMILES string of the molecule is CCC(C)C1CN(C(C)CCC(C)C)C(C)CN1. The molecule has 0 saturated carbocycles. The molecule has 0 aliphatic carbocycles. The van der Waals surface area contributed by atoms with Crippen molar-refractivity contribution < 1.29 is 0 Å². The molecule has 1 rings (SSSR count). The van der Waals surface area contributed by atoms with Crippen molar-refractivity contribution in [2.24, 2.45) is 11.8 Å². The van der Waals surface area contributed by atoms with Gasteiger partial charge in [0.2, 0.25) is 0 Å². The lowest BCUT2D eigenvalue weighted by Gasteiger charge is -2.44. The predicted molar refractivity (Wildman–Crippen MR) is 80.9 cm³/mol. The van der Waals surface area contributed by atoms with Crippen LogP contribution in [0.4, 0.5) is 0 Å². The molecule has 4 unspecified atom stereocenters. The average Bonchev–Trinajstić information content (AvgIpc) is 2.35. The Labute approximate surface area is 115 Å². The van der Waals surface area contributed by atoms with Crippen molar-refractivity contribution in [1.82, 2.24) is 10.2 Å². The Kier molecular flexibility index (Phi) is 6.65. The summed E-state index contributed by atoms with van der Waals surface area (Å²) in [5.41, 5.74) is 0. The molecule has 0 aromatic heterocycles. The van der Waals surface area contributed by atoms with Crippen LogP contribution in [0.5, 0.6) is 0 Å². The number of rotatable bonds is 6. The van der Waals surface area contributed by atoms with Gasteiger partial charge in [-0.2, -0.15) is 0 Å². The van der Waals surface area contributed by atoms with Crippen molar-refractivity contribution in [2.75, 3.05) is 13.1 Å². The van der Waals surface area contributed by atoms with E-state index in [2.05, 4.69) is 51.8 Å². The van der Waals surface area contributed by atoms with E-state index in [1.54, 1.807) is 0 Å². The smallest absolute Gasteiger partial charge is 0.0221 e. The lowest BCUT2D eigenvalue weighted by molar-refractivity contribution is 0.0759. The highest BCUT2D eigenvalue weighted by Crippen LogP contribution is 2.20. The fraction of sp³-hybridized carbons (Fsp3) is 1.00. The van der Waals surface area contributed by atoms with Crippen LogP contribution >= 0.6 is 0 Å². The number of nitrogens with zero attached hydrogens (tertiary/aromatic N) is 1. The Morgan fingerprint density at radius 2 is 1.83 bits per heavy atom. The minimum atomic E-state index is 0.687. The monoisotopic (exact) mass is 254 g/mol. The minimum absolute atomic E-state index is 0.687. The topological polar surface area (TPSA) is 15.3 Å². The zero-order valence-electron chi connectivity index (χ0n) is 13.4. The maximum atomic E-state index is 3.73. The molecule has 1 fully saturated rings. The highest BCUT2D eigenvalue weighted by Gasteiger charge is 2.30. The first-order valence-electron chi connectivity index (χ1n) is 7.94. The summed E-state index contributed by atoms with van der Waals surface area (Å²) in [4.78, 5) is 2.73. The Morgan fingerprint density at radius 1 is 1.17 bits per heavy atom. The fourth-order valence-electron chi connectivity index (χ4n) is 2.93. The van der Waals surface area contributed by atoms with Crippen molar-refractivity contribution >= 4 is 0 Å². The summed E-state index contributed by atoms with van der Waals surface area (Å²) in [5, 5.41) is 3.73. The quantitative estimate of drug-likeness (QED) is 0.780. The molecule has 2 heteroatoms. The van der Waals surface area contributed by atoms with Crippen LogP contribution in [-0.4, -0.2) is 36.1 Å². The first kappa shape index (κ1) is 16.0. The van der Waals surface area contributed by atoms with Crippen molar-refractivity contribution in [3.63, 3.8) is 0 Å². The second-order valence-electron chi connectivity index (χ2n) is 6.77.